The van der Waals surface area contributed by atoms with Gasteiger partial charge in [-0.1, -0.05) is 6.92 Å². The molecule has 1 unspecified atom stereocenters. The van der Waals surface area contributed by atoms with E-state index in [1.54, 1.807) is 0 Å². The van der Waals surface area contributed by atoms with E-state index in [0.717, 1.165) is 24.5 Å². The summed E-state index contributed by atoms with van der Waals surface area (Å²) in [5, 5.41) is 18.3. The van der Waals surface area contributed by atoms with Gasteiger partial charge in [-0.15, -0.1) is 0 Å². The van der Waals surface area contributed by atoms with Crippen LogP contribution >= 0.6 is 11.8 Å². The molecule has 0 radical (unpaired) electrons. The molecule has 3 nitrogen and oxygen atoms in total. The Morgan fingerprint density at radius 3 is 3.15 bits per heavy atom. The highest BCUT2D eigenvalue weighted by Gasteiger charge is 2.23. The lowest BCUT2D eigenvalue weighted by atomic mass is 10.2. The van der Waals surface area contributed by atoms with Crippen molar-refractivity contribution in [2.24, 2.45) is 0 Å². The van der Waals surface area contributed by atoms with Gasteiger partial charge in [0.2, 0.25) is 0 Å². The molecule has 2 atom stereocenters. The number of β-amino-alcohol motifs (C(OH)–C–C–N with tert-alkyl or cyclic N) is 1. The largest absolute Gasteiger partial charge is 0.392 e. The highest BCUT2D eigenvalue weighted by atomic mass is 32.2. The highest BCUT2D eigenvalue weighted by Crippen LogP contribution is 2.16. The number of thioether (sulfide) groups is 1. The Morgan fingerprint density at radius 2 is 2.54 bits per heavy atom. The molecule has 1 saturated heterocycles. The van der Waals surface area contributed by atoms with Crippen LogP contribution in [0, 0.1) is 11.3 Å². The van der Waals surface area contributed by atoms with Crippen molar-refractivity contribution < 1.29 is 5.11 Å². The van der Waals surface area contributed by atoms with E-state index in [9.17, 15) is 5.11 Å². The second-order valence-electron chi connectivity index (χ2n) is 3.28. The molecule has 13 heavy (non-hydrogen) atoms. The zero-order valence-electron chi connectivity index (χ0n) is 7.94. The normalized spacial score (nSPS) is 26.7. The predicted octanol–water partition coefficient (Wildman–Crippen LogP) is 0.698. The summed E-state index contributed by atoms with van der Waals surface area (Å²) < 4.78 is 0. The molecule has 0 aromatic carbocycles. The van der Waals surface area contributed by atoms with E-state index in [-0.39, 0.29) is 12.1 Å². The fraction of sp³-hybridized carbons (Fsp3) is 0.889. The molecule has 0 saturated carbocycles. The van der Waals surface area contributed by atoms with E-state index in [4.69, 9.17) is 5.26 Å². The van der Waals surface area contributed by atoms with E-state index >= 15 is 0 Å². The Kier molecular flexibility index (Phi) is 4.57. The molecular formula is C9H16N2OS. The topological polar surface area (TPSA) is 47.3 Å². The Morgan fingerprint density at radius 1 is 1.77 bits per heavy atom. The maximum absolute atomic E-state index is 9.47. The lowest BCUT2D eigenvalue weighted by Crippen LogP contribution is -2.45. The van der Waals surface area contributed by atoms with E-state index in [0.29, 0.717) is 6.54 Å². The van der Waals surface area contributed by atoms with E-state index in [1.807, 2.05) is 18.7 Å². The van der Waals surface area contributed by atoms with E-state index in [1.165, 1.54) is 0 Å². The van der Waals surface area contributed by atoms with Gasteiger partial charge >= 0.3 is 0 Å². The minimum atomic E-state index is -0.279. The molecule has 0 bridgehead atoms. The maximum atomic E-state index is 9.47. The third-order valence-corrected chi connectivity index (χ3v) is 3.33. The first-order valence-corrected chi connectivity index (χ1v) is 5.83. The molecule has 0 amide bonds. The number of hydrogen-bond donors (Lipinski definition) is 1. The minimum Gasteiger partial charge on any atom is -0.392 e. The smallest absolute Gasteiger partial charge is 0.107 e. The molecule has 1 heterocycles. The van der Waals surface area contributed by atoms with Crippen LogP contribution in [0.15, 0.2) is 0 Å². The van der Waals surface area contributed by atoms with Gasteiger partial charge in [0.15, 0.2) is 0 Å². The Bertz CT molecular complexity index is 193. The van der Waals surface area contributed by atoms with Gasteiger partial charge in [-0.25, -0.2) is 0 Å². The first-order chi connectivity index (χ1) is 6.27. The van der Waals surface area contributed by atoms with Crippen LogP contribution in [0.1, 0.15) is 13.3 Å². The van der Waals surface area contributed by atoms with Crippen molar-refractivity contribution in [2.45, 2.75) is 25.5 Å². The molecule has 74 valence electrons. The Labute approximate surface area is 83.7 Å². The number of rotatable bonds is 3. The second kappa shape index (κ2) is 5.48. The highest BCUT2D eigenvalue weighted by molar-refractivity contribution is 7.99. The van der Waals surface area contributed by atoms with Crippen LogP contribution in [0.4, 0.5) is 0 Å². The summed E-state index contributed by atoms with van der Waals surface area (Å²) in [6.45, 7) is 3.54. The predicted molar refractivity (Wildman–Crippen MR) is 54.6 cm³/mol. The quantitative estimate of drug-likeness (QED) is 0.728. The molecule has 1 aliphatic rings. The number of aliphatic hydroxyl groups excluding tert-OH is 1. The molecule has 0 aromatic rings. The van der Waals surface area contributed by atoms with Crippen molar-refractivity contribution in [1.82, 2.24) is 4.90 Å². The van der Waals surface area contributed by atoms with Gasteiger partial charge in [-0.2, -0.15) is 17.0 Å². The van der Waals surface area contributed by atoms with Crippen LogP contribution in [0.3, 0.4) is 0 Å². The summed E-state index contributed by atoms with van der Waals surface area (Å²) in [6, 6.07) is 2.28. The van der Waals surface area contributed by atoms with Gasteiger partial charge in [0.05, 0.1) is 12.2 Å². The summed E-state index contributed by atoms with van der Waals surface area (Å²) in [5.41, 5.74) is 0. The van der Waals surface area contributed by atoms with Crippen LogP contribution in [0.2, 0.25) is 0 Å². The average Bonchev–Trinajstić information content (AvgIpc) is 2.18. The zero-order valence-corrected chi connectivity index (χ0v) is 8.76. The molecule has 0 aromatic heterocycles. The Hall–Kier alpha value is -0.240. The molecule has 0 spiro atoms. The van der Waals surface area contributed by atoms with Gasteiger partial charge in [0, 0.05) is 24.6 Å². The second-order valence-corrected chi connectivity index (χ2v) is 4.43. The van der Waals surface area contributed by atoms with Gasteiger partial charge in [-0.3, -0.25) is 4.90 Å². The van der Waals surface area contributed by atoms with Crippen molar-refractivity contribution in [3.05, 3.63) is 0 Å². The Balaban J connectivity index is 2.41. The molecule has 0 aliphatic carbocycles. The fourth-order valence-electron chi connectivity index (χ4n) is 1.38. The molecular weight excluding hydrogens is 184 g/mol. The average molecular weight is 200 g/mol. The van der Waals surface area contributed by atoms with Crippen molar-refractivity contribution in [2.75, 3.05) is 24.6 Å². The van der Waals surface area contributed by atoms with Crippen LogP contribution in [-0.2, 0) is 0 Å². The third kappa shape index (κ3) is 3.18. The van der Waals surface area contributed by atoms with Crippen molar-refractivity contribution in [3.8, 4) is 6.07 Å². The first kappa shape index (κ1) is 10.8. The standard InChI is InChI=1S/C9H16N2OS/c1-2-9(12)6-11-3-4-13-7-8(11)5-10/h8-9,12H,2-4,6-7H2,1H3/t8?,9-/m1/s1. The van der Waals surface area contributed by atoms with Crippen LogP contribution < -0.4 is 0 Å². The monoisotopic (exact) mass is 200 g/mol. The van der Waals surface area contributed by atoms with E-state index < -0.39 is 0 Å². The third-order valence-electron chi connectivity index (χ3n) is 2.30. The van der Waals surface area contributed by atoms with Crippen molar-refractivity contribution in [3.63, 3.8) is 0 Å². The van der Waals surface area contributed by atoms with Gasteiger partial charge in [0.1, 0.15) is 6.04 Å². The van der Waals surface area contributed by atoms with Crippen molar-refractivity contribution >= 4 is 11.8 Å². The van der Waals surface area contributed by atoms with Gasteiger partial charge < -0.3 is 5.11 Å². The van der Waals surface area contributed by atoms with Crippen LogP contribution in [0.25, 0.3) is 0 Å². The minimum absolute atomic E-state index is 0.0000463. The summed E-state index contributed by atoms with van der Waals surface area (Å²) >= 11 is 1.82. The number of nitrogens with zero attached hydrogens (tertiary/aromatic N) is 2. The number of aliphatic hydroxyl groups is 1. The van der Waals surface area contributed by atoms with E-state index in [2.05, 4.69) is 11.0 Å². The number of nitriles is 1. The molecule has 1 N–H and O–H groups in total. The molecule has 4 heteroatoms. The fourth-order valence-corrected chi connectivity index (χ4v) is 2.41. The number of hydrogen-bond acceptors (Lipinski definition) is 4. The summed E-state index contributed by atoms with van der Waals surface area (Å²) in [4.78, 5) is 2.09. The summed E-state index contributed by atoms with van der Waals surface area (Å²) in [7, 11) is 0. The molecule has 1 fully saturated rings. The van der Waals surface area contributed by atoms with Crippen LogP contribution in [0.5, 0.6) is 0 Å². The van der Waals surface area contributed by atoms with Gasteiger partial charge in [0.25, 0.3) is 0 Å². The van der Waals surface area contributed by atoms with Crippen LogP contribution in [-0.4, -0.2) is 46.7 Å². The summed E-state index contributed by atoms with van der Waals surface area (Å²) in [5.74, 6) is 1.96. The molecule has 1 aliphatic heterocycles. The first-order valence-electron chi connectivity index (χ1n) is 4.67. The zero-order chi connectivity index (χ0) is 9.68. The van der Waals surface area contributed by atoms with Crippen molar-refractivity contribution in [1.29, 1.82) is 5.26 Å². The molecule has 1 rings (SSSR count). The maximum Gasteiger partial charge on any atom is 0.107 e. The SMILES string of the molecule is CC[C@@H](O)CN1CCSCC1C#N. The lowest BCUT2D eigenvalue weighted by molar-refractivity contribution is 0.103. The van der Waals surface area contributed by atoms with Gasteiger partial charge in [-0.05, 0) is 6.42 Å². The summed E-state index contributed by atoms with van der Waals surface area (Å²) in [6.07, 6.45) is 0.487. The lowest BCUT2D eigenvalue weighted by Gasteiger charge is -2.32.